The highest BCUT2D eigenvalue weighted by Crippen LogP contribution is 2.17. The zero-order chi connectivity index (χ0) is 17.2. The van der Waals surface area contributed by atoms with Crippen molar-refractivity contribution in [1.82, 2.24) is 34.8 Å². The molecule has 130 valence electrons. The number of rotatable bonds is 5. The summed E-state index contributed by atoms with van der Waals surface area (Å²) in [6.07, 6.45) is 9.84. The van der Waals surface area contributed by atoms with Gasteiger partial charge in [-0.3, -0.25) is 9.69 Å². The molecule has 3 aromatic rings. The molecule has 0 saturated carbocycles. The minimum absolute atomic E-state index is 0.113. The summed E-state index contributed by atoms with van der Waals surface area (Å²) in [5, 5.41) is 7.24. The third-order valence-electron chi connectivity index (χ3n) is 4.60. The predicted octanol–water partition coefficient (Wildman–Crippen LogP) is 1.01. The maximum absolute atomic E-state index is 12.5. The van der Waals surface area contributed by atoms with E-state index in [4.69, 9.17) is 0 Å². The summed E-state index contributed by atoms with van der Waals surface area (Å²) in [6.45, 7) is 5.51. The Bertz CT molecular complexity index is 870. The topological polar surface area (TPSA) is 91.2 Å². The number of aromatic nitrogens is 5. The second-order valence-corrected chi connectivity index (χ2v) is 6.63. The second kappa shape index (κ2) is 6.64. The number of imidazole rings is 1. The van der Waals surface area contributed by atoms with E-state index in [2.05, 4.69) is 30.3 Å². The lowest BCUT2D eigenvalue weighted by atomic mass is 10.1. The molecule has 0 aromatic carbocycles. The molecule has 1 amide bonds. The van der Waals surface area contributed by atoms with E-state index in [1.807, 2.05) is 19.3 Å². The molecule has 0 bridgehead atoms. The van der Waals surface area contributed by atoms with Gasteiger partial charge in [0.05, 0.1) is 12.5 Å². The Labute approximate surface area is 145 Å². The average molecular weight is 339 g/mol. The Morgan fingerprint density at radius 1 is 1.40 bits per heavy atom. The molecular weight excluding hydrogens is 318 g/mol. The van der Waals surface area contributed by atoms with Gasteiger partial charge in [0.15, 0.2) is 5.65 Å². The van der Waals surface area contributed by atoms with Crippen LogP contribution < -0.4 is 5.32 Å². The van der Waals surface area contributed by atoms with E-state index in [9.17, 15) is 4.79 Å². The lowest BCUT2D eigenvalue weighted by Gasteiger charge is -2.15. The third kappa shape index (κ3) is 3.39. The van der Waals surface area contributed by atoms with Crippen molar-refractivity contribution in [3.05, 3.63) is 47.9 Å². The number of carbonyl (C=O) groups is 1. The van der Waals surface area contributed by atoms with E-state index in [1.165, 1.54) is 0 Å². The Kier molecular flexibility index (Phi) is 4.19. The van der Waals surface area contributed by atoms with Crippen LogP contribution in [0.1, 0.15) is 28.0 Å². The van der Waals surface area contributed by atoms with Crippen molar-refractivity contribution in [1.29, 1.82) is 0 Å². The zero-order valence-electron chi connectivity index (χ0n) is 14.1. The summed E-state index contributed by atoms with van der Waals surface area (Å²) < 4.78 is 1.64. The maximum atomic E-state index is 12.5. The summed E-state index contributed by atoms with van der Waals surface area (Å²) in [4.78, 5) is 26.3. The van der Waals surface area contributed by atoms with Crippen molar-refractivity contribution in [3.63, 3.8) is 0 Å². The number of likely N-dealkylation sites (tertiary alicyclic amines) is 1. The molecule has 1 atom stereocenters. The van der Waals surface area contributed by atoms with Crippen LogP contribution in [-0.2, 0) is 6.54 Å². The minimum Gasteiger partial charge on any atom is -0.352 e. The number of nitrogens with zero attached hydrogens (tertiary/aromatic N) is 5. The summed E-state index contributed by atoms with van der Waals surface area (Å²) >= 11 is 0. The molecule has 1 fully saturated rings. The van der Waals surface area contributed by atoms with E-state index in [1.54, 1.807) is 23.2 Å². The molecule has 4 rings (SSSR count). The van der Waals surface area contributed by atoms with Crippen LogP contribution in [0.2, 0.25) is 0 Å². The standard InChI is InChI=1S/C17H21N7O/c1-12-4-19-16-15(7-22-24(16)8-12)17(25)20-5-13-2-3-23(9-13)10-14-6-18-11-21-14/h4,6-8,11,13H,2-3,5,9-10H2,1H3,(H,18,21)(H,20,25)/t13-/m1/s1. The molecule has 1 saturated heterocycles. The monoisotopic (exact) mass is 339 g/mol. The molecule has 0 unspecified atom stereocenters. The first-order valence-electron chi connectivity index (χ1n) is 8.47. The van der Waals surface area contributed by atoms with Crippen LogP contribution in [0.25, 0.3) is 5.65 Å². The number of fused-ring (bicyclic) bond motifs is 1. The molecular formula is C17H21N7O. The van der Waals surface area contributed by atoms with E-state index in [0.717, 1.165) is 37.3 Å². The first-order valence-corrected chi connectivity index (χ1v) is 8.47. The number of aromatic amines is 1. The molecule has 2 N–H and O–H groups in total. The van der Waals surface area contributed by atoms with Crippen LogP contribution in [0.4, 0.5) is 0 Å². The van der Waals surface area contributed by atoms with Crippen molar-refractivity contribution in [3.8, 4) is 0 Å². The summed E-state index contributed by atoms with van der Waals surface area (Å²) in [5.74, 6) is 0.349. The Balaban J connectivity index is 1.33. The molecule has 0 aliphatic carbocycles. The largest absolute Gasteiger partial charge is 0.352 e. The zero-order valence-corrected chi connectivity index (χ0v) is 14.1. The SMILES string of the molecule is Cc1cnc2c(C(=O)NC[C@H]3CCN(Cc4cnc[nH]4)C3)cnn2c1. The summed E-state index contributed by atoms with van der Waals surface area (Å²) in [5.41, 5.74) is 3.24. The number of aryl methyl sites for hydroxylation is 1. The first-order chi connectivity index (χ1) is 12.2. The Hall–Kier alpha value is -2.74. The highest BCUT2D eigenvalue weighted by molar-refractivity contribution is 5.99. The number of H-pyrrole nitrogens is 1. The van der Waals surface area contributed by atoms with Gasteiger partial charge in [-0.25, -0.2) is 14.5 Å². The molecule has 0 spiro atoms. The smallest absolute Gasteiger partial charge is 0.256 e. The fraction of sp³-hybridized carbons (Fsp3) is 0.412. The molecule has 3 aromatic heterocycles. The predicted molar refractivity (Wildman–Crippen MR) is 92.0 cm³/mol. The lowest BCUT2D eigenvalue weighted by Crippen LogP contribution is -2.31. The van der Waals surface area contributed by atoms with Crippen LogP contribution in [0.3, 0.4) is 0 Å². The maximum Gasteiger partial charge on any atom is 0.256 e. The fourth-order valence-electron chi connectivity index (χ4n) is 3.30. The van der Waals surface area contributed by atoms with Gasteiger partial charge in [-0.05, 0) is 31.4 Å². The van der Waals surface area contributed by atoms with Crippen LogP contribution in [0, 0.1) is 12.8 Å². The first kappa shape index (κ1) is 15.8. The van der Waals surface area contributed by atoms with Gasteiger partial charge < -0.3 is 10.3 Å². The second-order valence-electron chi connectivity index (χ2n) is 6.63. The van der Waals surface area contributed by atoms with Crippen molar-refractivity contribution < 1.29 is 4.79 Å². The molecule has 4 heterocycles. The van der Waals surface area contributed by atoms with Crippen LogP contribution in [0.15, 0.2) is 31.1 Å². The summed E-state index contributed by atoms with van der Waals surface area (Å²) in [6, 6.07) is 0. The van der Waals surface area contributed by atoms with E-state index < -0.39 is 0 Å². The van der Waals surface area contributed by atoms with Gasteiger partial charge >= 0.3 is 0 Å². The number of nitrogens with one attached hydrogen (secondary N) is 2. The van der Waals surface area contributed by atoms with Crippen molar-refractivity contribution in [2.75, 3.05) is 19.6 Å². The van der Waals surface area contributed by atoms with E-state index in [-0.39, 0.29) is 5.91 Å². The van der Waals surface area contributed by atoms with Gasteiger partial charge in [0.25, 0.3) is 5.91 Å². The molecule has 8 nitrogen and oxygen atoms in total. The van der Waals surface area contributed by atoms with Crippen LogP contribution in [-0.4, -0.2) is 55.0 Å². The molecule has 0 radical (unpaired) electrons. The number of hydrogen-bond donors (Lipinski definition) is 2. The lowest BCUT2D eigenvalue weighted by molar-refractivity contribution is 0.0948. The van der Waals surface area contributed by atoms with Crippen molar-refractivity contribution in [2.24, 2.45) is 5.92 Å². The molecule has 25 heavy (non-hydrogen) atoms. The number of hydrogen-bond acceptors (Lipinski definition) is 5. The van der Waals surface area contributed by atoms with Crippen LogP contribution >= 0.6 is 0 Å². The van der Waals surface area contributed by atoms with Gasteiger partial charge in [0.2, 0.25) is 0 Å². The third-order valence-corrected chi connectivity index (χ3v) is 4.60. The van der Waals surface area contributed by atoms with E-state index >= 15 is 0 Å². The van der Waals surface area contributed by atoms with Gasteiger partial charge in [-0.2, -0.15) is 5.10 Å². The Morgan fingerprint density at radius 3 is 3.16 bits per heavy atom. The molecule has 1 aliphatic rings. The van der Waals surface area contributed by atoms with Crippen molar-refractivity contribution in [2.45, 2.75) is 19.9 Å². The number of amides is 1. The normalized spacial score (nSPS) is 18.0. The van der Waals surface area contributed by atoms with Crippen molar-refractivity contribution >= 4 is 11.6 Å². The van der Waals surface area contributed by atoms with Crippen LogP contribution in [0.5, 0.6) is 0 Å². The van der Waals surface area contributed by atoms with Gasteiger partial charge in [-0.15, -0.1) is 0 Å². The van der Waals surface area contributed by atoms with Gasteiger partial charge in [0, 0.05) is 43.9 Å². The fourth-order valence-corrected chi connectivity index (χ4v) is 3.30. The molecule has 1 aliphatic heterocycles. The van der Waals surface area contributed by atoms with Gasteiger partial charge in [-0.1, -0.05) is 0 Å². The quantitative estimate of drug-likeness (QED) is 0.724. The minimum atomic E-state index is -0.113. The molecule has 8 heteroatoms. The van der Waals surface area contributed by atoms with E-state index in [0.29, 0.717) is 23.7 Å². The summed E-state index contributed by atoms with van der Waals surface area (Å²) in [7, 11) is 0. The van der Waals surface area contributed by atoms with Gasteiger partial charge in [0.1, 0.15) is 5.56 Å². The average Bonchev–Trinajstić information content (AvgIpc) is 3.33. The highest BCUT2D eigenvalue weighted by atomic mass is 16.1. The number of carbonyl (C=O) groups excluding carboxylic acids is 1. The highest BCUT2D eigenvalue weighted by Gasteiger charge is 2.24. The Morgan fingerprint density at radius 2 is 2.32 bits per heavy atom.